The molecule has 0 radical (unpaired) electrons. The molecule has 1 aromatic carbocycles. The molecule has 0 atom stereocenters. The number of nitrogens with one attached hydrogen (secondary N) is 2. The van der Waals surface area contributed by atoms with Crippen LogP contribution in [0.3, 0.4) is 0 Å². The van der Waals surface area contributed by atoms with E-state index in [1.54, 1.807) is 14.2 Å². The Morgan fingerprint density at radius 3 is 2.70 bits per heavy atom. The first-order chi connectivity index (χ1) is 9.17. The van der Waals surface area contributed by atoms with Gasteiger partial charge in [-0.1, -0.05) is 6.07 Å². The summed E-state index contributed by atoms with van der Waals surface area (Å²) < 4.78 is 10.9. The van der Waals surface area contributed by atoms with Gasteiger partial charge in [0.05, 0.1) is 24.7 Å². The van der Waals surface area contributed by atoms with Crippen molar-refractivity contribution in [3.05, 3.63) is 28.2 Å². The van der Waals surface area contributed by atoms with Crippen molar-refractivity contribution < 1.29 is 14.3 Å². The van der Waals surface area contributed by atoms with Gasteiger partial charge in [-0.3, -0.25) is 4.79 Å². The molecule has 0 spiro atoms. The quantitative estimate of drug-likeness (QED) is 0.687. The van der Waals surface area contributed by atoms with Crippen LogP contribution in [0.25, 0.3) is 0 Å². The predicted molar refractivity (Wildman–Crippen MR) is 84.5 cm³/mol. The normalized spacial score (nSPS) is 9.75. The smallest absolute Gasteiger partial charge is 0.234 e. The topological polar surface area (TPSA) is 59.6 Å². The summed E-state index contributed by atoms with van der Waals surface area (Å²) in [4.78, 5) is 11.5. The summed E-state index contributed by atoms with van der Waals surface area (Å²) in [5.74, 6) is 0.736. The molecule has 0 fully saturated rings. The Morgan fingerprint density at radius 2 is 2.10 bits per heavy atom. The molecule has 0 bridgehead atoms. The van der Waals surface area contributed by atoms with Crippen molar-refractivity contribution in [2.45, 2.75) is 6.54 Å². The van der Waals surface area contributed by atoms with Crippen LogP contribution in [-0.4, -0.2) is 39.8 Å². The molecule has 0 saturated carbocycles. The van der Waals surface area contributed by atoms with E-state index >= 15 is 0 Å². The lowest BCUT2D eigenvalue weighted by Gasteiger charge is -2.08. The van der Waals surface area contributed by atoms with Crippen molar-refractivity contribution in [1.82, 2.24) is 10.6 Å². The number of methoxy groups -OCH3 is 2. The fraction of sp³-hybridized carbons (Fsp3) is 0.462. The maximum Gasteiger partial charge on any atom is 0.234 e. The van der Waals surface area contributed by atoms with Gasteiger partial charge in [0.2, 0.25) is 5.91 Å². The van der Waals surface area contributed by atoms with Gasteiger partial charge < -0.3 is 20.1 Å². The van der Waals surface area contributed by atoms with E-state index in [1.165, 1.54) is 0 Å². The zero-order chi connectivity index (χ0) is 14.1. The van der Waals surface area contributed by atoms with Gasteiger partial charge in [-0.05, 0) is 33.6 Å². The summed E-state index contributed by atoms with van der Waals surface area (Å²) in [7, 11) is 3.25. The van der Waals surface area contributed by atoms with Crippen LogP contribution in [0.1, 0.15) is 5.56 Å². The molecule has 1 amide bonds. The average Bonchev–Trinajstić information content (AvgIpc) is 2.41. The Labute approximate surface area is 133 Å². The van der Waals surface area contributed by atoms with Crippen molar-refractivity contribution in [2.75, 3.05) is 33.9 Å². The van der Waals surface area contributed by atoms with E-state index in [0.29, 0.717) is 26.2 Å². The number of benzene rings is 1. The molecular weight excluding hydrogens is 348 g/mol. The van der Waals surface area contributed by atoms with E-state index in [0.717, 1.165) is 15.8 Å². The van der Waals surface area contributed by atoms with Crippen molar-refractivity contribution in [3.8, 4) is 5.75 Å². The molecule has 0 unspecified atom stereocenters. The summed E-state index contributed by atoms with van der Waals surface area (Å²) in [5.41, 5.74) is 1.01. The van der Waals surface area contributed by atoms with Crippen LogP contribution in [0.4, 0.5) is 0 Å². The number of carbonyl (C=O) groups is 1. The van der Waals surface area contributed by atoms with Crippen LogP contribution in [0.15, 0.2) is 22.7 Å². The van der Waals surface area contributed by atoms with E-state index in [2.05, 4.69) is 26.6 Å². The number of ether oxygens (including phenoxy) is 2. The predicted octanol–water partition coefficient (Wildman–Crippen LogP) is 1.73. The van der Waals surface area contributed by atoms with Gasteiger partial charge in [-0.15, -0.1) is 12.4 Å². The molecular formula is C13H20BrClN2O3. The van der Waals surface area contributed by atoms with Gasteiger partial charge in [0, 0.05) is 20.2 Å². The first kappa shape index (κ1) is 19.2. The monoisotopic (exact) mass is 366 g/mol. The lowest BCUT2D eigenvalue weighted by Crippen LogP contribution is -2.34. The third-order valence-electron chi connectivity index (χ3n) is 2.47. The maximum absolute atomic E-state index is 11.5. The highest BCUT2D eigenvalue weighted by atomic mass is 79.9. The summed E-state index contributed by atoms with van der Waals surface area (Å²) in [6, 6.07) is 5.71. The van der Waals surface area contributed by atoms with E-state index < -0.39 is 0 Å². The summed E-state index contributed by atoms with van der Waals surface area (Å²) in [5, 5.41) is 5.82. The lowest BCUT2D eigenvalue weighted by atomic mass is 10.2. The second-order valence-corrected chi connectivity index (χ2v) is 4.77. The Bertz CT molecular complexity index is 419. The largest absolute Gasteiger partial charge is 0.496 e. The number of amides is 1. The summed E-state index contributed by atoms with van der Waals surface area (Å²) in [6.07, 6.45) is 0. The highest BCUT2D eigenvalue weighted by Crippen LogP contribution is 2.25. The molecule has 1 rings (SSSR count). The first-order valence-electron chi connectivity index (χ1n) is 5.96. The highest BCUT2D eigenvalue weighted by molar-refractivity contribution is 9.10. The van der Waals surface area contributed by atoms with Gasteiger partial charge in [-0.2, -0.15) is 0 Å². The Hall–Kier alpha value is -0.820. The second-order valence-electron chi connectivity index (χ2n) is 3.92. The molecule has 20 heavy (non-hydrogen) atoms. The van der Waals surface area contributed by atoms with E-state index in [-0.39, 0.29) is 18.3 Å². The molecule has 5 nitrogen and oxygen atoms in total. The number of halogens is 2. The van der Waals surface area contributed by atoms with Crippen molar-refractivity contribution in [1.29, 1.82) is 0 Å². The molecule has 2 N–H and O–H groups in total. The minimum atomic E-state index is -0.0388. The van der Waals surface area contributed by atoms with Crippen LogP contribution in [0, 0.1) is 0 Å². The van der Waals surface area contributed by atoms with E-state index in [1.807, 2.05) is 18.2 Å². The molecule has 0 heterocycles. The SMILES string of the molecule is COCCNCC(=O)NCc1ccc(OC)c(Br)c1.Cl. The van der Waals surface area contributed by atoms with Crippen LogP contribution >= 0.6 is 28.3 Å². The van der Waals surface area contributed by atoms with Gasteiger partial charge in [0.15, 0.2) is 0 Å². The van der Waals surface area contributed by atoms with Crippen LogP contribution in [-0.2, 0) is 16.1 Å². The summed E-state index contributed by atoms with van der Waals surface area (Å²) in [6.45, 7) is 2.05. The molecule has 0 aliphatic heterocycles. The zero-order valence-corrected chi connectivity index (χ0v) is 14.0. The minimum Gasteiger partial charge on any atom is -0.496 e. The second kappa shape index (κ2) is 10.9. The Kier molecular flexibility index (Phi) is 10.5. The van der Waals surface area contributed by atoms with Gasteiger partial charge in [0.25, 0.3) is 0 Å². The number of carbonyl (C=O) groups excluding carboxylic acids is 1. The number of rotatable bonds is 8. The molecule has 114 valence electrons. The van der Waals surface area contributed by atoms with Crippen molar-refractivity contribution >= 4 is 34.2 Å². The third kappa shape index (κ3) is 7.09. The van der Waals surface area contributed by atoms with Crippen LogP contribution in [0.5, 0.6) is 5.75 Å². The van der Waals surface area contributed by atoms with Crippen molar-refractivity contribution in [2.24, 2.45) is 0 Å². The van der Waals surface area contributed by atoms with Gasteiger partial charge >= 0.3 is 0 Å². The van der Waals surface area contributed by atoms with E-state index in [4.69, 9.17) is 9.47 Å². The van der Waals surface area contributed by atoms with Gasteiger partial charge in [-0.25, -0.2) is 0 Å². The Balaban J connectivity index is 0.00000361. The highest BCUT2D eigenvalue weighted by Gasteiger charge is 2.03. The summed E-state index contributed by atoms with van der Waals surface area (Å²) >= 11 is 3.41. The first-order valence-corrected chi connectivity index (χ1v) is 6.75. The molecule has 0 aromatic heterocycles. The number of hydrogen-bond donors (Lipinski definition) is 2. The lowest BCUT2D eigenvalue weighted by molar-refractivity contribution is -0.120. The Morgan fingerprint density at radius 1 is 1.35 bits per heavy atom. The molecule has 0 aliphatic carbocycles. The number of hydrogen-bond acceptors (Lipinski definition) is 4. The van der Waals surface area contributed by atoms with Crippen LogP contribution < -0.4 is 15.4 Å². The molecule has 7 heteroatoms. The average molecular weight is 368 g/mol. The third-order valence-corrected chi connectivity index (χ3v) is 3.09. The maximum atomic E-state index is 11.5. The fourth-order valence-electron chi connectivity index (χ4n) is 1.46. The van der Waals surface area contributed by atoms with E-state index in [9.17, 15) is 4.79 Å². The molecule has 1 aromatic rings. The minimum absolute atomic E-state index is 0. The molecule has 0 saturated heterocycles. The van der Waals surface area contributed by atoms with Gasteiger partial charge in [0.1, 0.15) is 5.75 Å². The standard InChI is InChI=1S/C13H19BrN2O3.ClH/c1-18-6-5-15-9-13(17)16-8-10-3-4-12(19-2)11(14)7-10;/h3-4,7,15H,5-6,8-9H2,1-2H3,(H,16,17);1H. The zero-order valence-electron chi connectivity index (χ0n) is 11.6. The molecule has 0 aliphatic rings. The fourth-order valence-corrected chi connectivity index (χ4v) is 2.05. The van der Waals surface area contributed by atoms with Crippen molar-refractivity contribution in [3.63, 3.8) is 0 Å². The van der Waals surface area contributed by atoms with Crippen LogP contribution in [0.2, 0.25) is 0 Å².